The average Bonchev–Trinajstić information content (AvgIpc) is 3.60. The van der Waals surface area contributed by atoms with Crippen molar-refractivity contribution in [3.05, 3.63) is 11.6 Å². The Kier molecular flexibility index (Phi) is 21.6. The third kappa shape index (κ3) is 18.0. The molecule has 0 aromatic carbocycles. The number of cyclic esters (lactones) is 1. The van der Waals surface area contributed by atoms with Gasteiger partial charge in [0.2, 0.25) is 0 Å². The predicted octanol–water partition coefficient (Wildman–Crippen LogP) is 8.87. The van der Waals surface area contributed by atoms with Crippen molar-refractivity contribution in [2.75, 3.05) is 0 Å². The lowest BCUT2D eigenvalue weighted by Crippen LogP contribution is -2.33. The average molecular weight is 609 g/mol. The van der Waals surface area contributed by atoms with Gasteiger partial charge < -0.3 is 24.8 Å². The van der Waals surface area contributed by atoms with E-state index in [2.05, 4.69) is 6.92 Å². The van der Waals surface area contributed by atoms with Crippen molar-refractivity contribution in [3.8, 4) is 0 Å². The van der Waals surface area contributed by atoms with Gasteiger partial charge in [-0.2, -0.15) is 0 Å². The van der Waals surface area contributed by atoms with E-state index in [1.807, 2.05) is 13.0 Å². The van der Waals surface area contributed by atoms with Crippen LogP contribution in [0, 0.1) is 0 Å². The molecule has 0 aromatic heterocycles. The van der Waals surface area contributed by atoms with E-state index in [9.17, 15) is 20.1 Å². The van der Waals surface area contributed by atoms with Gasteiger partial charge in [0, 0.05) is 12.0 Å². The summed E-state index contributed by atoms with van der Waals surface area (Å²) in [7, 11) is 0. The van der Waals surface area contributed by atoms with Gasteiger partial charge in [-0.05, 0) is 51.5 Å². The zero-order valence-electron chi connectivity index (χ0n) is 28.0. The molecule has 0 aliphatic carbocycles. The molecule has 3 N–H and O–H groups in total. The summed E-state index contributed by atoms with van der Waals surface area (Å²) in [5.74, 6) is -0.127. The zero-order chi connectivity index (χ0) is 31.1. The molecule has 0 unspecified atom stereocenters. The van der Waals surface area contributed by atoms with Crippen LogP contribution in [0.1, 0.15) is 181 Å². The first-order valence-corrected chi connectivity index (χ1v) is 18.5. The molecule has 1 saturated heterocycles. The maximum atomic E-state index is 11.6. The summed E-state index contributed by atoms with van der Waals surface area (Å²) in [6.07, 6.45) is 28.9. The summed E-state index contributed by atoms with van der Waals surface area (Å²) in [5.41, 5.74) is 0.859. The summed E-state index contributed by atoms with van der Waals surface area (Å²) >= 11 is 0. The van der Waals surface area contributed by atoms with Crippen molar-refractivity contribution in [2.24, 2.45) is 0 Å². The molecule has 43 heavy (non-hydrogen) atoms. The molecule has 252 valence electrons. The first-order chi connectivity index (χ1) is 20.9. The summed E-state index contributed by atoms with van der Waals surface area (Å²) in [6.45, 7) is 4.17. The first kappa shape index (κ1) is 38.2. The molecule has 6 heteroatoms. The maximum Gasteiger partial charge on any atom is 0.334 e. The van der Waals surface area contributed by atoms with Gasteiger partial charge in [0.05, 0.1) is 30.5 Å². The molecule has 2 aliphatic rings. The topological polar surface area (TPSA) is 96.2 Å². The van der Waals surface area contributed by atoms with E-state index in [1.54, 1.807) is 0 Å². The Bertz CT molecular complexity index is 724. The molecule has 0 bridgehead atoms. The summed E-state index contributed by atoms with van der Waals surface area (Å²) < 4.78 is 11.2. The molecular weight excluding hydrogens is 540 g/mol. The number of rotatable bonds is 28. The molecule has 0 saturated carbocycles. The maximum absolute atomic E-state index is 11.6. The number of aliphatic hydroxyl groups is 3. The van der Waals surface area contributed by atoms with Crippen LogP contribution in [-0.4, -0.2) is 57.9 Å². The van der Waals surface area contributed by atoms with Crippen LogP contribution in [0.15, 0.2) is 11.6 Å². The Morgan fingerprint density at radius 3 is 1.65 bits per heavy atom. The van der Waals surface area contributed by atoms with Crippen molar-refractivity contribution in [1.29, 1.82) is 0 Å². The molecule has 6 nitrogen and oxygen atoms in total. The lowest BCUT2D eigenvalue weighted by Gasteiger charge is -2.23. The number of esters is 1. The Hall–Kier alpha value is -0.950. The number of unbranched alkanes of at least 4 members (excludes halogenated alkanes) is 18. The van der Waals surface area contributed by atoms with Gasteiger partial charge in [-0.1, -0.05) is 129 Å². The fourth-order valence-corrected chi connectivity index (χ4v) is 6.76. The fourth-order valence-electron chi connectivity index (χ4n) is 6.76. The van der Waals surface area contributed by atoms with Crippen LogP contribution in [0.2, 0.25) is 0 Å². The van der Waals surface area contributed by atoms with Crippen LogP contribution >= 0.6 is 0 Å². The van der Waals surface area contributed by atoms with Gasteiger partial charge >= 0.3 is 5.97 Å². The molecule has 2 heterocycles. The van der Waals surface area contributed by atoms with Crippen LogP contribution in [0.5, 0.6) is 0 Å². The SMILES string of the molecule is CCCCCCCCCCCC[C@H](O)[C@@H]1CC[C@H]([C@H](O)C[C@@H](O)CCCCCCCCCCCCC2=C[C@@H](C)OC2=O)O1. The van der Waals surface area contributed by atoms with Gasteiger partial charge in [-0.3, -0.25) is 0 Å². The van der Waals surface area contributed by atoms with E-state index in [1.165, 1.54) is 103 Å². The smallest absolute Gasteiger partial charge is 0.334 e. The van der Waals surface area contributed by atoms with Crippen LogP contribution < -0.4 is 0 Å². The minimum absolute atomic E-state index is 0.0542. The summed E-state index contributed by atoms with van der Waals surface area (Å²) in [4.78, 5) is 11.6. The van der Waals surface area contributed by atoms with Crippen LogP contribution in [-0.2, 0) is 14.3 Å². The second-order valence-electron chi connectivity index (χ2n) is 13.7. The van der Waals surface area contributed by atoms with E-state index in [0.29, 0.717) is 6.42 Å². The lowest BCUT2D eigenvalue weighted by atomic mass is 9.98. The normalized spacial score (nSPS) is 22.5. The standard InChI is InChI=1S/C37H68O6/c1-3-4-5-6-7-8-13-16-19-22-25-33(39)35-26-27-36(43-35)34(40)29-32(38)24-21-18-15-12-10-9-11-14-17-20-23-31-28-30(2)42-37(31)41/h28,30,32-36,38-40H,3-27,29H2,1-2H3/t30-,32+,33+,34-,35+,36-/m1/s1. The molecular formula is C37H68O6. The Balaban J connectivity index is 1.37. The van der Waals surface area contributed by atoms with Crippen LogP contribution in [0.4, 0.5) is 0 Å². The number of hydrogen-bond donors (Lipinski definition) is 3. The summed E-state index contributed by atoms with van der Waals surface area (Å²) in [5, 5.41) is 31.7. The van der Waals surface area contributed by atoms with E-state index < -0.39 is 18.3 Å². The molecule has 0 spiro atoms. The summed E-state index contributed by atoms with van der Waals surface area (Å²) in [6, 6.07) is 0. The number of ether oxygens (including phenoxy) is 2. The van der Waals surface area contributed by atoms with E-state index in [4.69, 9.17) is 9.47 Å². The van der Waals surface area contributed by atoms with Crippen LogP contribution in [0.3, 0.4) is 0 Å². The van der Waals surface area contributed by atoms with E-state index >= 15 is 0 Å². The van der Waals surface area contributed by atoms with Crippen LogP contribution in [0.25, 0.3) is 0 Å². The molecule has 2 rings (SSSR count). The fraction of sp³-hybridized carbons (Fsp3) is 0.919. The third-order valence-corrected chi connectivity index (χ3v) is 9.54. The highest BCUT2D eigenvalue weighted by Crippen LogP contribution is 2.28. The van der Waals surface area contributed by atoms with Crippen molar-refractivity contribution in [3.63, 3.8) is 0 Å². The largest absolute Gasteiger partial charge is 0.455 e. The Morgan fingerprint density at radius 1 is 0.674 bits per heavy atom. The molecule has 6 atom stereocenters. The Morgan fingerprint density at radius 2 is 1.14 bits per heavy atom. The lowest BCUT2D eigenvalue weighted by molar-refractivity contribution is -0.139. The molecule has 0 aromatic rings. The Labute approximate surface area is 264 Å². The van der Waals surface area contributed by atoms with Gasteiger partial charge in [0.25, 0.3) is 0 Å². The molecule has 0 amide bonds. The van der Waals surface area contributed by atoms with Crippen molar-refractivity contribution in [1.82, 2.24) is 0 Å². The monoisotopic (exact) mass is 609 g/mol. The number of carbonyl (C=O) groups is 1. The second kappa shape index (κ2) is 24.3. The molecule has 0 radical (unpaired) electrons. The highest BCUT2D eigenvalue weighted by Gasteiger charge is 2.35. The van der Waals surface area contributed by atoms with Gasteiger partial charge in [-0.25, -0.2) is 4.79 Å². The number of carbonyl (C=O) groups excluding carboxylic acids is 1. The predicted molar refractivity (Wildman–Crippen MR) is 176 cm³/mol. The van der Waals surface area contributed by atoms with Crippen molar-refractivity contribution >= 4 is 5.97 Å². The number of aliphatic hydroxyl groups excluding tert-OH is 3. The highest BCUT2D eigenvalue weighted by atomic mass is 16.5. The zero-order valence-corrected chi connectivity index (χ0v) is 28.0. The van der Waals surface area contributed by atoms with Crippen molar-refractivity contribution in [2.45, 2.75) is 217 Å². The third-order valence-electron chi connectivity index (χ3n) is 9.54. The minimum atomic E-state index is -0.656. The van der Waals surface area contributed by atoms with Crippen molar-refractivity contribution < 1.29 is 29.6 Å². The highest BCUT2D eigenvalue weighted by molar-refractivity contribution is 5.90. The number of hydrogen-bond acceptors (Lipinski definition) is 6. The van der Waals surface area contributed by atoms with Gasteiger partial charge in [0.1, 0.15) is 6.10 Å². The quantitative estimate of drug-likeness (QED) is 0.0606. The minimum Gasteiger partial charge on any atom is -0.455 e. The van der Waals surface area contributed by atoms with Gasteiger partial charge in [-0.15, -0.1) is 0 Å². The van der Waals surface area contributed by atoms with Gasteiger partial charge in [0.15, 0.2) is 0 Å². The molecule has 2 aliphatic heterocycles. The molecule has 1 fully saturated rings. The van der Waals surface area contributed by atoms with E-state index in [0.717, 1.165) is 63.4 Å². The van der Waals surface area contributed by atoms with E-state index in [-0.39, 0.29) is 24.3 Å². The second-order valence-corrected chi connectivity index (χ2v) is 13.7. The first-order valence-electron chi connectivity index (χ1n) is 18.5.